The molecule has 1 aromatic heterocycles. The Morgan fingerprint density at radius 2 is 1.60 bits per heavy atom. The number of aromatic hydroxyl groups is 1. The molecular weight excluding hydrogens is 707 g/mol. The molecule has 0 radical (unpaired) electrons. The summed E-state index contributed by atoms with van der Waals surface area (Å²) in [6.45, 7) is 6.99. The van der Waals surface area contributed by atoms with Crippen LogP contribution in [0.5, 0.6) is 5.75 Å². The summed E-state index contributed by atoms with van der Waals surface area (Å²) in [4.78, 5) is 36.0. The third-order valence-corrected chi connectivity index (χ3v) is 11.5. The molecule has 272 valence electrons. The van der Waals surface area contributed by atoms with Crippen molar-refractivity contribution in [1.82, 2.24) is 14.4 Å². The molecule has 0 aliphatic carbocycles. The number of nitrogens with zero attached hydrogens (tertiary/aromatic N) is 4. The summed E-state index contributed by atoms with van der Waals surface area (Å²) in [5.41, 5.74) is 8.10. The molecule has 1 atom stereocenters. The van der Waals surface area contributed by atoms with Crippen LogP contribution in [0, 0.1) is 6.92 Å². The van der Waals surface area contributed by atoms with E-state index in [4.69, 9.17) is 27.9 Å². The number of rotatable bonds is 7. The Morgan fingerprint density at radius 3 is 2.38 bits per heavy atom. The molecule has 4 heterocycles. The first-order chi connectivity index (χ1) is 25.7. The van der Waals surface area contributed by atoms with E-state index in [0.717, 1.165) is 61.4 Å². The molecule has 4 aromatic carbocycles. The van der Waals surface area contributed by atoms with Gasteiger partial charge in [-0.15, -0.1) is 0 Å². The zero-order valence-electron chi connectivity index (χ0n) is 29.7. The number of aryl methyl sites for hydroxylation is 1. The number of benzene rings is 4. The van der Waals surface area contributed by atoms with Crippen LogP contribution >= 0.6 is 23.2 Å². The molecule has 1 fully saturated rings. The largest absolute Gasteiger partial charge is 0.508 e. The van der Waals surface area contributed by atoms with Crippen molar-refractivity contribution in [3.8, 4) is 17.0 Å². The molecule has 1 saturated heterocycles. The molecule has 5 aromatic rings. The molecule has 0 unspecified atom stereocenters. The average molecular weight is 750 g/mol. The van der Waals surface area contributed by atoms with E-state index >= 15 is 0 Å². The van der Waals surface area contributed by atoms with Gasteiger partial charge in [-0.25, -0.2) is 0 Å². The number of ether oxygens (including phenoxy) is 1. The standard InChI is InChI=1S/C43H42Cl2N4O4/c1-28-9-11-33(24-39(28)45)49(32-12-14-35(50)15-13-32)43(52)38-25-41(47-17-5-4-8-40(38)47)37-23-31(44)10-16-36(37)42(51)48-26-30-7-3-2-6-29(30)22-34(48)27-46-18-20-53-21-19-46/h2-3,6-7,9-16,23-25,34,50H,4-5,8,17-22,26-27H2,1H3/t34-/m0/s1. The van der Waals surface area contributed by atoms with Gasteiger partial charge in [0.1, 0.15) is 5.75 Å². The van der Waals surface area contributed by atoms with Crippen LogP contribution in [0.25, 0.3) is 11.3 Å². The fourth-order valence-electron chi connectivity index (χ4n) is 8.05. The van der Waals surface area contributed by atoms with E-state index < -0.39 is 0 Å². The number of hydrogen-bond donors (Lipinski definition) is 1. The van der Waals surface area contributed by atoms with Crippen molar-refractivity contribution in [1.29, 1.82) is 0 Å². The van der Waals surface area contributed by atoms with Crippen molar-refractivity contribution in [2.75, 3.05) is 37.7 Å². The molecule has 3 aliphatic rings. The maximum atomic E-state index is 15.0. The van der Waals surface area contributed by atoms with Gasteiger partial charge in [0.15, 0.2) is 0 Å². The number of anilines is 2. The Labute approximate surface area is 320 Å². The SMILES string of the molecule is Cc1ccc(N(C(=O)c2cc(-c3cc(Cl)ccc3C(=O)N3Cc4ccccc4C[C@H]3CN3CCOCC3)n3c2CCCC3)c2ccc(O)cc2)cc1Cl. The summed E-state index contributed by atoms with van der Waals surface area (Å²) < 4.78 is 7.83. The van der Waals surface area contributed by atoms with Crippen molar-refractivity contribution in [2.24, 2.45) is 0 Å². The van der Waals surface area contributed by atoms with Crippen LogP contribution in [0.15, 0.2) is 91.0 Å². The van der Waals surface area contributed by atoms with E-state index in [1.165, 1.54) is 5.56 Å². The van der Waals surface area contributed by atoms with Crippen LogP contribution in [-0.4, -0.2) is 70.2 Å². The Bertz CT molecular complexity index is 2180. The second-order valence-electron chi connectivity index (χ2n) is 14.3. The predicted octanol–water partition coefficient (Wildman–Crippen LogP) is 8.69. The van der Waals surface area contributed by atoms with Crippen molar-refractivity contribution in [3.05, 3.63) is 135 Å². The minimum Gasteiger partial charge on any atom is -0.508 e. The molecular formula is C43H42Cl2N4O4. The second kappa shape index (κ2) is 15.0. The number of halogens is 2. The number of fused-ring (bicyclic) bond motifs is 2. The summed E-state index contributed by atoms with van der Waals surface area (Å²) in [6.07, 6.45) is 3.38. The zero-order valence-corrected chi connectivity index (χ0v) is 31.2. The van der Waals surface area contributed by atoms with E-state index in [2.05, 4.69) is 27.7 Å². The molecule has 3 aliphatic heterocycles. The van der Waals surface area contributed by atoms with Gasteiger partial charge in [0.2, 0.25) is 0 Å². The Morgan fingerprint density at radius 1 is 0.849 bits per heavy atom. The fraction of sp³-hybridized carbons (Fsp3) is 0.302. The molecule has 0 saturated carbocycles. The molecule has 0 bridgehead atoms. The lowest BCUT2D eigenvalue weighted by Gasteiger charge is -2.40. The third-order valence-electron chi connectivity index (χ3n) is 10.9. The van der Waals surface area contributed by atoms with E-state index in [9.17, 15) is 14.7 Å². The monoisotopic (exact) mass is 748 g/mol. The maximum absolute atomic E-state index is 15.0. The minimum atomic E-state index is -0.222. The molecule has 8 rings (SSSR count). The highest BCUT2D eigenvalue weighted by molar-refractivity contribution is 6.32. The molecule has 1 N–H and O–H groups in total. The summed E-state index contributed by atoms with van der Waals surface area (Å²) in [5.74, 6) is -0.168. The lowest BCUT2D eigenvalue weighted by atomic mass is 9.92. The van der Waals surface area contributed by atoms with Crippen molar-refractivity contribution >= 4 is 46.4 Å². The summed E-state index contributed by atoms with van der Waals surface area (Å²) >= 11 is 13.3. The molecule has 0 spiro atoms. The smallest absolute Gasteiger partial charge is 0.264 e. The highest BCUT2D eigenvalue weighted by atomic mass is 35.5. The fourth-order valence-corrected chi connectivity index (χ4v) is 8.40. The maximum Gasteiger partial charge on any atom is 0.264 e. The van der Waals surface area contributed by atoms with E-state index in [1.807, 2.05) is 48.2 Å². The topological polar surface area (TPSA) is 78.2 Å². The first-order valence-corrected chi connectivity index (χ1v) is 19.1. The number of amides is 2. The highest BCUT2D eigenvalue weighted by Crippen LogP contribution is 2.39. The molecule has 8 nitrogen and oxygen atoms in total. The number of carbonyl (C=O) groups is 2. The van der Waals surface area contributed by atoms with E-state index in [1.54, 1.807) is 41.3 Å². The van der Waals surface area contributed by atoms with Gasteiger partial charge in [0.25, 0.3) is 11.8 Å². The summed E-state index contributed by atoms with van der Waals surface area (Å²) in [6, 6.07) is 28.0. The van der Waals surface area contributed by atoms with E-state index in [0.29, 0.717) is 70.8 Å². The van der Waals surface area contributed by atoms with Gasteiger partial charge in [-0.1, -0.05) is 53.5 Å². The van der Waals surface area contributed by atoms with Crippen LogP contribution in [0.2, 0.25) is 10.0 Å². The van der Waals surface area contributed by atoms with Gasteiger partial charge in [-0.05, 0) is 110 Å². The number of phenolic OH excluding ortho intramolecular Hbond substituents is 1. The van der Waals surface area contributed by atoms with Gasteiger partial charge in [0, 0.05) is 77.0 Å². The van der Waals surface area contributed by atoms with Crippen molar-refractivity contribution in [3.63, 3.8) is 0 Å². The van der Waals surface area contributed by atoms with Gasteiger partial charge >= 0.3 is 0 Å². The van der Waals surface area contributed by atoms with Crippen LogP contribution in [0.3, 0.4) is 0 Å². The molecule has 2 amide bonds. The van der Waals surface area contributed by atoms with Gasteiger partial charge in [0.05, 0.1) is 24.5 Å². The zero-order chi connectivity index (χ0) is 36.6. The molecule has 53 heavy (non-hydrogen) atoms. The summed E-state index contributed by atoms with van der Waals surface area (Å²) in [7, 11) is 0. The number of morpholine rings is 1. The average Bonchev–Trinajstić information content (AvgIpc) is 3.56. The number of aromatic nitrogens is 1. The van der Waals surface area contributed by atoms with Crippen LogP contribution < -0.4 is 4.90 Å². The lowest BCUT2D eigenvalue weighted by Crippen LogP contribution is -2.52. The third kappa shape index (κ3) is 7.09. The number of phenols is 1. The van der Waals surface area contributed by atoms with Gasteiger partial charge in [-0.2, -0.15) is 0 Å². The predicted molar refractivity (Wildman–Crippen MR) is 210 cm³/mol. The second-order valence-corrected chi connectivity index (χ2v) is 15.1. The van der Waals surface area contributed by atoms with E-state index in [-0.39, 0.29) is 23.6 Å². The minimum absolute atomic E-state index is 0.0161. The van der Waals surface area contributed by atoms with Crippen LogP contribution in [0.4, 0.5) is 11.4 Å². The Balaban J connectivity index is 1.21. The number of hydrogen-bond acceptors (Lipinski definition) is 5. The van der Waals surface area contributed by atoms with Gasteiger partial charge < -0.3 is 19.3 Å². The Hall–Kier alpha value is -4.60. The first-order valence-electron chi connectivity index (χ1n) is 18.3. The normalized spacial score (nSPS) is 17.3. The Kier molecular flexibility index (Phi) is 10.0. The van der Waals surface area contributed by atoms with Crippen LogP contribution in [0.1, 0.15) is 55.9 Å². The van der Waals surface area contributed by atoms with Gasteiger partial charge in [-0.3, -0.25) is 19.4 Å². The highest BCUT2D eigenvalue weighted by Gasteiger charge is 2.35. The number of carbonyl (C=O) groups excluding carboxylic acids is 2. The summed E-state index contributed by atoms with van der Waals surface area (Å²) in [5, 5.41) is 11.2. The lowest BCUT2D eigenvalue weighted by molar-refractivity contribution is 0.0193. The van der Waals surface area contributed by atoms with Crippen LogP contribution in [-0.2, 0) is 30.7 Å². The quantitative estimate of drug-likeness (QED) is 0.180. The van der Waals surface area contributed by atoms with Crippen molar-refractivity contribution < 1.29 is 19.4 Å². The van der Waals surface area contributed by atoms with Crippen molar-refractivity contribution in [2.45, 2.75) is 51.7 Å². The molecule has 10 heteroatoms. The first kappa shape index (κ1) is 35.4.